The number of rotatable bonds is 4. The molecule has 17 heavy (non-hydrogen) atoms. The first-order valence-electron chi connectivity index (χ1n) is 5.80. The zero-order valence-corrected chi connectivity index (χ0v) is 10.6. The van der Waals surface area contributed by atoms with Crippen molar-refractivity contribution in [2.24, 2.45) is 0 Å². The van der Waals surface area contributed by atoms with Crippen LogP contribution in [0.1, 0.15) is 18.5 Å². The van der Waals surface area contributed by atoms with E-state index in [0.29, 0.717) is 6.04 Å². The number of methoxy groups -OCH3 is 2. The maximum atomic E-state index is 5.79. The fourth-order valence-electron chi connectivity index (χ4n) is 2.22. The van der Waals surface area contributed by atoms with Gasteiger partial charge in [0.05, 0.1) is 13.1 Å². The van der Waals surface area contributed by atoms with Crippen molar-refractivity contribution in [3.05, 3.63) is 29.8 Å². The largest absolute Gasteiger partial charge is 0.399 e. The summed E-state index contributed by atoms with van der Waals surface area (Å²) in [6.07, 6.45) is 0. The molecular weight excluding hydrogens is 216 g/mol. The summed E-state index contributed by atoms with van der Waals surface area (Å²) in [5, 5.41) is 0. The van der Waals surface area contributed by atoms with Crippen molar-refractivity contribution in [2.75, 3.05) is 33.0 Å². The molecule has 0 bridgehead atoms. The van der Waals surface area contributed by atoms with E-state index in [-0.39, 0.29) is 0 Å². The van der Waals surface area contributed by atoms with Crippen LogP contribution >= 0.6 is 0 Å². The third-order valence-electron chi connectivity index (χ3n) is 3.57. The number of nitrogens with zero attached hydrogens (tertiary/aromatic N) is 1. The van der Waals surface area contributed by atoms with Gasteiger partial charge in [-0.05, 0) is 24.6 Å². The highest BCUT2D eigenvalue weighted by molar-refractivity contribution is 5.41. The van der Waals surface area contributed by atoms with Crippen LogP contribution in [0.5, 0.6) is 0 Å². The molecule has 1 fully saturated rings. The fourth-order valence-corrected chi connectivity index (χ4v) is 2.22. The van der Waals surface area contributed by atoms with E-state index in [4.69, 9.17) is 15.2 Å². The predicted octanol–water partition coefficient (Wildman–Crippen LogP) is 1.63. The fraction of sp³-hybridized carbons (Fsp3) is 0.538. The van der Waals surface area contributed by atoms with E-state index in [1.165, 1.54) is 5.56 Å². The van der Waals surface area contributed by atoms with Crippen molar-refractivity contribution >= 4 is 5.69 Å². The van der Waals surface area contributed by atoms with E-state index in [1.807, 2.05) is 18.2 Å². The van der Waals surface area contributed by atoms with Crippen molar-refractivity contribution in [3.8, 4) is 0 Å². The van der Waals surface area contributed by atoms with Gasteiger partial charge in [-0.25, -0.2) is 0 Å². The molecule has 4 heteroatoms. The van der Waals surface area contributed by atoms with Crippen molar-refractivity contribution in [2.45, 2.75) is 18.8 Å². The van der Waals surface area contributed by atoms with Crippen LogP contribution in [0.4, 0.5) is 5.69 Å². The van der Waals surface area contributed by atoms with Gasteiger partial charge >= 0.3 is 0 Å². The Morgan fingerprint density at radius 2 is 1.94 bits per heavy atom. The first kappa shape index (κ1) is 12.4. The Bertz CT molecular complexity index is 383. The minimum absolute atomic E-state index is 0.330. The van der Waals surface area contributed by atoms with Gasteiger partial charge in [0.25, 0.3) is 0 Å². The van der Waals surface area contributed by atoms with Crippen LogP contribution in [-0.2, 0) is 9.47 Å². The Balaban J connectivity index is 2.02. The van der Waals surface area contributed by atoms with Gasteiger partial charge in [0.15, 0.2) is 5.79 Å². The van der Waals surface area contributed by atoms with Gasteiger partial charge in [0.1, 0.15) is 0 Å². The quantitative estimate of drug-likeness (QED) is 0.637. The van der Waals surface area contributed by atoms with Crippen LogP contribution in [0.2, 0.25) is 0 Å². The molecule has 94 valence electrons. The molecule has 2 N–H and O–H groups in total. The number of likely N-dealkylation sites (tertiary alicyclic amines) is 1. The smallest absolute Gasteiger partial charge is 0.193 e. The Labute approximate surface area is 102 Å². The van der Waals surface area contributed by atoms with Crippen LogP contribution in [0.25, 0.3) is 0 Å². The highest BCUT2D eigenvalue weighted by Crippen LogP contribution is 2.33. The molecule has 1 atom stereocenters. The van der Waals surface area contributed by atoms with E-state index in [1.54, 1.807) is 14.2 Å². The third-order valence-corrected chi connectivity index (χ3v) is 3.57. The summed E-state index contributed by atoms with van der Waals surface area (Å²) in [6.45, 7) is 3.75. The van der Waals surface area contributed by atoms with E-state index in [9.17, 15) is 0 Å². The molecule has 0 aliphatic carbocycles. The molecule has 0 spiro atoms. The second-order valence-electron chi connectivity index (χ2n) is 4.57. The molecule has 0 saturated carbocycles. The summed E-state index contributed by atoms with van der Waals surface area (Å²) in [4.78, 5) is 2.31. The Morgan fingerprint density at radius 3 is 2.47 bits per heavy atom. The van der Waals surface area contributed by atoms with Gasteiger partial charge < -0.3 is 15.2 Å². The van der Waals surface area contributed by atoms with Crippen LogP contribution in [0.3, 0.4) is 0 Å². The Hall–Kier alpha value is -1.10. The highest BCUT2D eigenvalue weighted by atomic mass is 16.7. The molecule has 4 nitrogen and oxygen atoms in total. The molecule has 1 aliphatic heterocycles. The maximum absolute atomic E-state index is 5.79. The number of nitrogens with two attached hydrogens (primary N) is 1. The van der Waals surface area contributed by atoms with Crippen LogP contribution in [0, 0.1) is 0 Å². The molecular formula is C13H20N2O2. The molecule has 1 heterocycles. The summed E-state index contributed by atoms with van der Waals surface area (Å²) >= 11 is 0. The molecule has 0 amide bonds. The predicted molar refractivity (Wildman–Crippen MR) is 67.6 cm³/mol. The number of nitrogen functional groups attached to an aromatic ring is 1. The summed E-state index contributed by atoms with van der Waals surface area (Å²) in [7, 11) is 3.37. The summed E-state index contributed by atoms with van der Waals surface area (Å²) in [5.74, 6) is -0.422. The Morgan fingerprint density at radius 1 is 1.29 bits per heavy atom. The lowest BCUT2D eigenvalue weighted by atomic mass is 9.99. The number of hydrogen-bond acceptors (Lipinski definition) is 4. The van der Waals surface area contributed by atoms with Crippen LogP contribution in [-0.4, -0.2) is 38.0 Å². The first-order chi connectivity index (χ1) is 8.10. The highest BCUT2D eigenvalue weighted by Gasteiger charge is 2.45. The van der Waals surface area contributed by atoms with E-state index < -0.39 is 5.79 Å². The van der Waals surface area contributed by atoms with Crippen LogP contribution < -0.4 is 5.73 Å². The zero-order valence-electron chi connectivity index (χ0n) is 10.6. The lowest BCUT2D eigenvalue weighted by molar-refractivity contribution is -0.282. The molecule has 1 saturated heterocycles. The number of ether oxygens (including phenoxy) is 2. The van der Waals surface area contributed by atoms with Crippen molar-refractivity contribution in [1.82, 2.24) is 4.90 Å². The molecule has 2 rings (SSSR count). The van der Waals surface area contributed by atoms with Crippen molar-refractivity contribution in [1.29, 1.82) is 0 Å². The summed E-state index contributed by atoms with van der Waals surface area (Å²) in [6, 6.07) is 8.34. The average Bonchev–Trinajstić information content (AvgIpc) is 2.29. The normalized spacial score (nSPS) is 20.9. The monoisotopic (exact) mass is 236 g/mol. The second-order valence-corrected chi connectivity index (χ2v) is 4.57. The molecule has 1 unspecified atom stereocenters. The van der Waals surface area contributed by atoms with Gasteiger partial charge in [-0.2, -0.15) is 0 Å². The average molecular weight is 236 g/mol. The topological polar surface area (TPSA) is 47.7 Å². The lowest BCUT2D eigenvalue weighted by Gasteiger charge is -2.50. The van der Waals surface area contributed by atoms with Crippen molar-refractivity contribution < 1.29 is 9.47 Å². The SMILES string of the molecule is COC1(OC)CN(C(C)c2cccc(N)c2)C1. The summed E-state index contributed by atoms with van der Waals surface area (Å²) < 4.78 is 10.7. The first-order valence-corrected chi connectivity index (χ1v) is 5.80. The minimum Gasteiger partial charge on any atom is -0.399 e. The van der Waals surface area contributed by atoms with Gasteiger partial charge in [0.2, 0.25) is 0 Å². The molecule has 1 aromatic carbocycles. The molecule has 0 radical (unpaired) electrons. The molecule has 1 aliphatic rings. The molecule has 1 aromatic rings. The second kappa shape index (κ2) is 4.64. The van der Waals surface area contributed by atoms with Gasteiger partial charge in [-0.1, -0.05) is 12.1 Å². The van der Waals surface area contributed by atoms with Gasteiger partial charge in [0, 0.05) is 25.9 Å². The number of benzene rings is 1. The zero-order chi connectivity index (χ0) is 12.5. The van der Waals surface area contributed by atoms with E-state index in [2.05, 4.69) is 17.9 Å². The Kier molecular flexibility index (Phi) is 3.38. The van der Waals surface area contributed by atoms with Crippen LogP contribution in [0.15, 0.2) is 24.3 Å². The number of hydrogen-bond donors (Lipinski definition) is 1. The van der Waals surface area contributed by atoms with Gasteiger partial charge in [-0.15, -0.1) is 0 Å². The molecule has 0 aromatic heterocycles. The summed E-state index contributed by atoms with van der Waals surface area (Å²) in [5.41, 5.74) is 7.83. The number of anilines is 1. The maximum Gasteiger partial charge on any atom is 0.193 e. The lowest BCUT2D eigenvalue weighted by Crippen LogP contribution is -2.64. The standard InChI is InChI=1S/C13H20N2O2/c1-10(11-5-4-6-12(14)7-11)15-8-13(9-15,16-2)17-3/h4-7,10H,8-9,14H2,1-3H3. The van der Waals surface area contributed by atoms with E-state index >= 15 is 0 Å². The van der Waals surface area contributed by atoms with Gasteiger partial charge in [-0.3, -0.25) is 4.90 Å². The minimum atomic E-state index is -0.422. The van der Waals surface area contributed by atoms with Crippen molar-refractivity contribution in [3.63, 3.8) is 0 Å². The van der Waals surface area contributed by atoms with E-state index in [0.717, 1.165) is 18.8 Å². The third kappa shape index (κ3) is 2.29.